The molecule has 2 N–H and O–H groups in total. The van der Waals surface area contributed by atoms with Crippen LogP contribution in [-0.2, 0) is 18.4 Å². The zero-order chi connectivity index (χ0) is 13.8. The van der Waals surface area contributed by atoms with Crippen LogP contribution >= 0.6 is 0 Å². The van der Waals surface area contributed by atoms with Gasteiger partial charge in [0, 0.05) is 32.4 Å². The van der Waals surface area contributed by atoms with Crippen molar-refractivity contribution in [2.45, 2.75) is 13.0 Å². The number of hydrogen-bond acceptors (Lipinski definition) is 4. The van der Waals surface area contributed by atoms with Gasteiger partial charge in [-0.15, -0.1) is 0 Å². The lowest BCUT2D eigenvalue weighted by Crippen LogP contribution is -2.14. The van der Waals surface area contributed by atoms with E-state index < -0.39 is 5.97 Å². The second kappa shape index (κ2) is 5.34. The number of nitrogens with zero attached hydrogens (tertiary/aromatic N) is 4. The number of carboxylic acids is 1. The highest BCUT2D eigenvalue weighted by Gasteiger charge is 2.08. The molecule has 8 nitrogen and oxygen atoms in total. The molecule has 0 spiro atoms. The Hall–Kier alpha value is -2.64. The molecule has 100 valence electrons. The van der Waals surface area contributed by atoms with Crippen LogP contribution in [0.2, 0.25) is 0 Å². The van der Waals surface area contributed by atoms with Crippen molar-refractivity contribution < 1.29 is 14.7 Å². The Kier molecular flexibility index (Phi) is 3.60. The van der Waals surface area contributed by atoms with Crippen molar-refractivity contribution in [2.75, 3.05) is 5.32 Å². The van der Waals surface area contributed by atoms with Crippen molar-refractivity contribution in [3.8, 4) is 0 Å². The van der Waals surface area contributed by atoms with Gasteiger partial charge in [0.05, 0.1) is 23.6 Å². The topological polar surface area (TPSA) is 102 Å². The Morgan fingerprint density at radius 2 is 2.11 bits per heavy atom. The first kappa shape index (κ1) is 12.8. The third kappa shape index (κ3) is 3.41. The summed E-state index contributed by atoms with van der Waals surface area (Å²) in [4.78, 5) is 22.3. The number of carbonyl (C=O) groups is 2. The largest absolute Gasteiger partial charge is 0.478 e. The molecule has 2 heterocycles. The van der Waals surface area contributed by atoms with Crippen molar-refractivity contribution in [1.82, 2.24) is 19.6 Å². The summed E-state index contributed by atoms with van der Waals surface area (Å²) < 4.78 is 3.01. The van der Waals surface area contributed by atoms with Crippen LogP contribution in [0, 0.1) is 0 Å². The summed E-state index contributed by atoms with van der Waals surface area (Å²) in [5.41, 5.74) is 0.729. The fourth-order valence-electron chi connectivity index (χ4n) is 1.52. The van der Waals surface area contributed by atoms with E-state index in [1.54, 1.807) is 24.1 Å². The number of hydrogen-bond donors (Lipinski definition) is 2. The van der Waals surface area contributed by atoms with E-state index in [0.29, 0.717) is 12.2 Å². The van der Waals surface area contributed by atoms with E-state index in [-0.39, 0.29) is 17.9 Å². The number of nitrogens with one attached hydrogen (secondary N) is 1. The highest BCUT2D eigenvalue weighted by Crippen LogP contribution is 2.05. The van der Waals surface area contributed by atoms with Crippen LogP contribution in [-0.4, -0.2) is 36.5 Å². The lowest BCUT2D eigenvalue weighted by molar-refractivity contribution is -0.116. The van der Waals surface area contributed by atoms with Crippen LogP contribution in [0.4, 0.5) is 5.69 Å². The first-order chi connectivity index (χ1) is 9.04. The molecule has 0 atom stereocenters. The Morgan fingerprint density at radius 3 is 2.68 bits per heavy atom. The van der Waals surface area contributed by atoms with Gasteiger partial charge in [-0.25, -0.2) is 4.79 Å². The molecule has 2 rings (SSSR count). The number of amides is 1. The number of aryl methyl sites for hydroxylation is 2. The average molecular weight is 263 g/mol. The number of aromatic nitrogens is 4. The maximum Gasteiger partial charge on any atom is 0.338 e. The number of rotatable bonds is 5. The Morgan fingerprint density at radius 1 is 1.32 bits per heavy atom. The van der Waals surface area contributed by atoms with Crippen molar-refractivity contribution in [3.05, 3.63) is 30.4 Å². The second-order valence-electron chi connectivity index (χ2n) is 4.00. The number of aromatic carboxylic acids is 1. The third-order valence-corrected chi connectivity index (χ3v) is 2.44. The maximum atomic E-state index is 11.6. The fourth-order valence-corrected chi connectivity index (χ4v) is 1.52. The van der Waals surface area contributed by atoms with E-state index in [1.807, 2.05) is 0 Å². The summed E-state index contributed by atoms with van der Waals surface area (Å²) in [7, 11) is 1.76. The normalized spacial score (nSPS) is 10.4. The summed E-state index contributed by atoms with van der Waals surface area (Å²) >= 11 is 0. The minimum atomic E-state index is -1.04. The van der Waals surface area contributed by atoms with Gasteiger partial charge in [-0.3, -0.25) is 14.2 Å². The SMILES string of the molecule is Cn1cc(NC(=O)CCn2cc(C(=O)O)cn2)cn1. The number of carboxylic acid groups (broad SMARTS) is 1. The highest BCUT2D eigenvalue weighted by molar-refractivity contribution is 5.90. The van der Waals surface area contributed by atoms with Gasteiger partial charge in [0.25, 0.3) is 0 Å². The highest BCUT2D eigenvalue weighted by atomic mass is 16.4. The zero-order valence-corrected chi connectivity index (χ0v) is 10.3. The van der Waals surface area contributed by atoms with Gasteiger partial charge in [0.1, 0.15) is 0 Å². The zero-order valence-electron chi connectivity index (χ0n) is 10.3. The quantitative estimate of drug-likeness (QED) is 0.810. The van der Waals surface area contributed by atoms with Crippen LogP contribution in [0.5, 0.6) is 0 Å². The van der Waals surface area contributed by atoms with Crippen LogP contribution in [0.3, 0.4) is 0 Å². The summed E-state index contributed by atoms with van der Waals surface area (Å²) in [5.74, 6) is -1.22. The van der Waals surface area contributed by atoms with Gasteiger partial charge in [0.15, 0.2) is 0 Å². The van der Waals surface area contributed by atoms with Gasteiger partial charge in [0.2, 0.25) is 5.91 Å². The molecule has 19 heavy (non-hydrogen) atoms. The van der Waals surface area contributed by atoms with E-state index in [4.69, 9.17) is 5.11 Å². The van der Waals surface area contributed by atoms with Gasteiger partial charge >= 0.3 is 5.97 Å². The van der Waals surface area contributed by atoms with E-state index in [0.717, 1.165) is 0 Å². The van der Waals surface area contributed by atoms with Crippen LogP contribution < -0.4 is 5.32 Å². The van der Waals surface area contributed by atoms with Crippen molar-refractivity contribution in [3.63, 3.8) is 0 Å². The van der Waals surface area contributed by atoms with Crippen molar-refractivity contribution in [1.29, 1.82) is 0 Å². The molecule has 2 aromatic rings. The summed E-state index contributed by atoms with van der Waals surface area (Å²) in [6.45, 7) is 0.319. The lowest BCUT2D eigenvalue weighted by atomic mass is 10.3. The van der Waals surface area contributed by atoms with E-state index in [2.05, 4.69) is 15.5 Å². The average Bonchev–Trinajstić information content (AvgIpc) is 2.96. The summed E-state index contributed by atoms with van der Waals surface area (Å²) in [6, 6.07) is 0. The molecular weight excluding hydrogens is 250 g/mol. The molecular formula is C11H13N5O3. The standard InChI is InChI=1S/C11H13N5O3/c1-15-7-9(5-12-15)14-10(17)2-3-16-6-8(4-13-16)11(18)19/h4-7H,2-3H2,1H3,(H,14,17)(H,18,19). The molecule has 0 unspecified atom stereocenters. The molecule has 0 aromatic carbocycles. The predicted octanol–water partition coefficient (Wildman–Crippen LogP) is 0.344. The molecule has 1 amide bonds. The third-order valence-electron chi connectivity index (χ3n) is 2.44. The number of anilines is 1. The molecule has 2 aromatic heterocycles. The number of carbonyl (C=O) groups excluding carboxylic acids is 1. The predicted molar refractivity (Wildman–Crippen MR) is 65.6 cm³/mol. The van der Waals surface area contributed by atoms with E-state index in [1.165, 1.54) is 17.1 Å². The van der Waals surface area contributed by atoms with E-state index in [9.17, 15) is 9.59 Å². The second-order valence-corrected chi connectivity index (χ2v) is 4.00. The summed E-state index contributed by atoms with van der Waals surface area (Å²) in [5, 5.41) is 19.2. The van der Waals surface area contributed by atoms with Gasteiger partial charge in [-0.05, 0) is 0 Å². The minimum Gasteiger partial charge on any atom is -0.478 e. The Labute approximate surface area is 108 Å². The first-order valence-corrected chi connectivity index (χ1v) is 5.59. The van der Waals surface area contributed by atoms with Gasteiger partial charge < -0.3 is 10.4 Å². The first-order valence-electron chi connectivity index (χ1n) is 5.59. The van der Waals surface area contributed by atoms with Crippen molar-refractivity contribution >= 4 is 17.6 Å². The summed E-state index contributed by atoms with van der Waals surface area (Å²) in [6.07, 6.45) is 6.08. The van der Waals surface area contributed by atoms with Crippen LogP contribution in [0.25, 0.3) is 0 Å². The fraction of sp³-hybridized carbons (Fsp3) is 0.273. The van der Waals surface area contributed by atoms with Crippen LogP contribution in [0.15, 0.2) is 24.8 Å². The monoisotopic (exact) mass is 263 g/mol. The van der Waals surface area contributed by atoms with Crippen LogP contribution in [0.1, 0.15) is 16.8 Å². The van der Waals surface area contributed by atoms with E-state index >= 15 is 0 Å². The molecule has 0 bridgehead atoms. The molecule has 0 fully saturated rings. The molecule has 0 aliphatic carbocycles. The molecule has 0 saturated heterocycles. The molecule has 0 saturated carbocycles. The Balaban J connectivity index is 1.84. The molecule has 8 heteroatoms. The van der Waals surface area contributed by atoms with Gasteiger partial charge in [-0.1, -0.05) is 0 Å². The smallest absolute Gasteiger partial charge is 0.338 e. The lowest BCUT2D eigenvalue weighted by Gasteiger charge is -2.02. The van der Waals surface area contributed by atoms with Gasteiger partial charge in [-0.2, -0.15) is 10.2 Å². The van der Waals surface area contributed by atoms with Crippen molar-refractivity contribution in [2.24, 2.45) is 7.05 Å². The maximum absolute atomic E-state index is 11.6. The minimum absolute atomic E-state index is 0.104. The molecule has 0 radical (unpaired) electrons. The Bertz CT molecular complexity index is 601. The molecule has 0 aliphatic rings. The molecule has 0 aliphatic heterocycles.